The van der Waals surface area contributed by atoms with E-state index in [9.17, 15) is 9.59 Å². The van der Waals surface area contributed by atoms with Crippen LogP contribution in [0, 0.1) is 6.92 Å². The third kappa shape index (κ3) is 2.52. The first-order chi connectivity index (χ1) is 9.04. The first kappa shape index (κ1) is 13.3. The van der Waals surface area contributed by atoms with Crippen LogP contribution in [0.3, 0.4) is 0 Å². The summed E-state index contributed by atoms with van der Waals surface area (Å²) in [4.78, 5) is 30.4. The van der Waals surface area contributed by atoms with Gasteiger partial charge in [-0.05, 0) is 20.3 Å². The molecule has 6 nitrogen and oxygen atoms in total. The van der Waals surface area contributed by atoms with Gasteiger partial charge in [0.05, 0.1) is 11.9 Å². The number of aromatic nitrogens is 2. The largest absolute Gasteiger partial charge is 0.442 e. The molecular weight excluding hydrogens is 246 g/mol. The first-order valence-corrected chi connectivity index (χ1v) is 6.32. The number of carbonyl (C=O) groups is 1. The molecule has 0 aliphatic heterocycles. The highest BCUT2D eigenvalue weighted by Gasteiger charge is 2.22. The van der Waals surface area contributed by atoms with Gasteiger partial charge in [-0.25, -0.2) is 4.98 Å². The lowest BCUT2D eigenvalue weighted by molar-refractivity contribution is 0.0938. The van der Waals surface area contributed by atoms with Crippen LogP contribution in [0.1, 0.15) is 42.8 Å². The number of furan rings is 1. The molecule has 1 amide bonds. The van der Waals surface area contributed by atoms with Gasteiger partial charge in [0, 0.05) is 6.04 Å². The normalized spacial score (nSPS) is 12.6. The lowest BCUT2D eigenvalue weighted by Crippen LogP contribution is -2.33. The highest BCUT2D eigenvalue weighted by Crippen LogP contribution is 2.20. The van der Waals surface area contributed by atoms with Gasteiger partial charge in [-0.15, -0.1) is 0 Å². The zero-order chi connectivity index (χ0) is 14.0. The molecule has 102 valence electrons. The molecule has 0 aliphatic rings. The molecule has 2 aromatic heterocycles. The Morgan fingerprint density at radius 2 is 2.32 bits per heavy atom. The fraction of sp³-hybridized carbons (Fsp3) is 0.462. The quantitative estimate of drug-likeness (QED) is 0.879. The highest BCUT2D eigenvalue weighted by atomic mass is 16.3. The number of aromatic amines is 1. The van der Waals surface area contributed by atoms with E-state index >= 15 is 0 Å². The van der Waals surface area contributed by atoms with E-state index in [4.69, 9.17) is 4.42 Å². The minimum atomic E-state index is -0.366. The smallest absolute Gasteiger partial charge is 0.262 e. The molecule has 1 unspecified atom stereocenters. The molecule has 6 heteroatoms. The second-order valence-corrected chi connectivity index (χ2v) is 4.61. The molecule has 1 atom stereocenters. The van der Waals surface area contributed by atoms with Crippen LogP contribution in [0.4, 0.5) is 0 Å². The van der Waals surface area contributed by atoms with E-state index in [0.29, 0.717) is 5.76 Å². The van der Waals surface area contributed by atoms with Crippen molar-refractivity contribution in [2.24, 2.45) is 0 Å². The van der Waals surface area contributed by atoms with Crippen molar-refractivity contribution < 1.29 is 9.21 Å². The Labute approximate surface area is 110 Å². The Morgan fingerprint density at radius 1 is 1.58 bits per heavy atom. The van der Waals surface area contributed by atoms with Crippen LogP contribution < -0.4 is 10.9 Å². The minimum Gasteiger partial charge on any atom is -0.442 e. The van der Waals surface area contributed by atoms with Crippen LogP contribution in [-0.4, -0.2) is 21.9 Å². The molecular formula is C13H17N3O3. The first-order valence-electron chi connectivity index (χ1n) is 6.32. The van der Waals surface area contributed by atoms with E-state index in [1.54, 1.807) is 6.92 Å². The van der Waals surface area contributed by atoms with Gasteiger partial charge >= 0.3 is 0 Å². The third-order valence-corrected chi connectivity index (χ3v) is 3.00. The molecule has 19 heavy (non-hydrogen) atoms. The van der Waals surface area contributed by atoms with E-state index in [2.05, 4.69) is 22.2 Å². The number of hydrogen-bond acceptors (Lipinski definition) is 4. The molecule has 2 N–H and O–H groups in total. The number of nitrogens with zero attached hydrogens (tertiary/aromatic N) is 1. The maximum absolute atomic E-state index is 12.2. The van der Waals surface area contributed by atoms with E-state index in [1.165, 1.54) is 6.33 Å². The Kier molecular flexibility index (Phi) is 3.69. The van der Waals surface area contributed by atoms with Gasteiger partial charge in [-0.2, -0.15) is 0 Å². The van der Waals surface area contributed by atoms with Gasteiger partial charge in [0.15, 0.2) is 0 Å². The molecule has 2 aromatic rings. The number of carbonyl (C=O) groups excluding carboxylic acids is 1. The molecule has 0 fully saturated rings. The van der Waals surface area contributed by atoms with Crippen molar-refractivity contribution in [1.29, 1.82) is 0 Å². The Hall–Kier alpha value is -2.11. The second-order valence-electron chi connectivity index (χ2n) is 4.61. The van der Waals surface area contributed by atoms with E-state index in [-0.39, 0.29) is 34.2 Å². The van der Waals surface area contributed by atoms with Gasteiger partial charge < -0.3 is 14.7 Å². The fourth-order valence-corrected chi connectivity index (χ4v) is 2.13. The van der Waals surface area contributed by atoms with Crippen LogP contribution in [0.5, 0.6) is 0 Å². The van der Waals surface area contributed by atoms with Crippen LogP contribution >= 0.6 is 0 Å². The van der Waals surface area contributed by atoms with E-state index in [0.717, 1.165) is 12.8 Å². The van der Waals surface area contributed by atoms with Gasteiger partial charge in [0.2, 0.25) is 5.71 Å². The molecule has 2 heterocycles. The average molecular weight is 263 g/mol. The van der Waals surface area contributed by atoms with Gasteiger partial charge in [-0.1, -0.05) is 13.3 Å². The molecule has 0 aromatic carbocycles. The number of H-pyrrole nitrogens is 1. The summed E-state index contributed by atoms with van der Waals surface area (Å²) in [5, 5.41) is 3.07. The Morgan fingerprint density at radius 3 is 3.00 bits per heavy atom. The zero-order valence-corrected chi connectivity index (χ0v) is 11.2. The lowest BCUT2D eigenvalue weighted by Gasteiger charge is -2.12. The Bertz CT molecular complexity index is 657. The second kappa shape index (κ2) is 5.26. The van der Waals surface area contributed by atoms with Crippen LogP contribution in [-0.2, 0) is 0 Å². The molecule has 2 rings (SSSR count). The van der Waals surface area contributed by atoms with Gasteiger partial charge in [0.1, 0.15) is 11.1 Å². The van der Waals surface area contributed by atoms with Crippen molar-refractivity contribution >= 4 is 17.0 Å². The average Bonchev–Trinajstić information content (AvgIpc) is 2.67. The third-order valence-electron chi connectivity index (χ3n) is 3.00. The topological polar surface area (TPSA) is 88.0 Å². The van der Waals surface area contributed by atoms with Crippen molar-refractivity contribution in [3.63, 3.8) is 0 Å². The maximum atomic E-state index is 12.2. The van der Waals surface area contributed by atoms with Crippen molar-refractivity contribution in [2.75, 3.05) is 0 Å². The number of aryl methyl sites for hydroxylation is 1. The molecule has 0 bridgehead atoms. The molecule has 0 spiro atoms. The minimum absolute atomic E-state index is 0.0533. The molecule has 0 saturated carbocycles. The summed E-state index contributed by atoms with van der Waals surface area (Å²) in [7, 11) is 0. The predicted octanol–water partition coefficient (Wildman–Crippen LogP) is 1.74. The van der Waals surface area contributed by atoms with E-state index in [1.807, 2.05) is 6.92 Å². The number of rotatable bonds is 4. The SMILES string of the molecule is CCCC(C)NC(=O)c1c(C)oc2nc[nH]c(=O)c12. The van der Waals surface area contributed by atoms with Crippen LogP contribution in [0.25, 0.3) is 11.1 Å². The van der Waals surface area contributed by atoms with E-state index < -0.39 is 0 Å². The summed E-state index contributed by atoms with van der Waals surface area (Å²) < 4.78 is 5.35. The van der Waals surface area contributed by atoms with Crippen molar-refractivity contribution in [3.8, 4) is 0 Å². The maximum Gasteiger partial charge on any atom is 0.262 e. The van der Waals surface area contributed by atoms with Gasteiger partial charge in [0.25, 0.3) is 11.5 Å². The molecule has 0 aliphatic carbocycles. The summed E-state index contributed by atoms with van der Waals surface area (Å²) in [6, 6.07) is 0.0533. The van der Waals surface area contributed by atoms with Crippen molar-refractivity contribution in [3.05, 3.63) is 28.0 Å². The zero-order valence-electron chi connectivity index (χ0n) is 11.2. The summed E-state index contributed by atoms with van der Waals surface area (Å²) in [6.45, 7) is 5.64. The Balaban J connectivity index is 2.42. The molecule has 0 saturated heterocycles. The standard InChI is InChI=1S/C13H17N3O3/c1-4-5-7(2)16-12(18)9-8(3)19-13-10(9)11(17)14-6-15-13/h6-7H,4-5H2,1-3H3,(H,16,18)(H,14,15,17). The van der Waals surface area contributed by atoms with Gasteiger partial charge in [-0.3, -0.25) is 9.59 Å². The highest BCUT2D eigenvalue weighted by molar-refractivity contribution is 6.06. The predicted molar refractivity (Wildman–Crippen MR) is 71.2 cm³/mol. The van der Waals surface area contributed by atoms with Crippen molar-refractivity contribution in [1.82, 2.24) is 15.3 Å². The van der Waals surface area contributed by atoms with Crippen LogP contribution in [0.15, 0.2) is 15.5 Å². The number of fused-ring (bicyclic) bond motifs is 1. The number of nitrogens with one attached hydrogen (secondary N) is 2. The lowest BCUT2D eigenvalue weighted by atomic mass is 10.1. The summed E-state index contributed by atoms with van der Waals surface area (Å²) in [6.07, 6.45) is 3.12. The summed E-state index contributed by atoms with van der Waals surface area (Å²) in [5.41, 5.74) is 0.0944. The number of amides is 1. The number of hydrogen-bond donors (Lipinski definition) is 2. The summed E-state index contributed by atoms with van der Waals surface area (Å²) in [5.74, 6) is 0.107. The summed E-state index contributed by atoms with van der Waals surface area (Å²) >= 11 is 0. The van der Waals surface area contributed by atoms with Crippen LogP contribution in [0.2, 0.25) is 0 Å². The monoisotopic (exact) mass is 263 g/mol. The molecule has 0 radical (unpaired) electrons. The van der Waals surface area contributed by atoms with Crippen molar-refractivity contribution in [2.45, 2.75) is 39.7 Å². The fourth-order valence-electron chi connectivity index (χ4n) is 2.13.